The minimum Gasteiger partial charge on any atom is -0.444 e. The summed E-state index contributed by atoms with van der Waals surface area (Å²) in [5, 5.41) is 0. The Morgan fingerprint density at radius 3 is 2.29 bits per heavy atom. The van der Waals surface area contributed by atoms with Crippen LogP contribution >= 0.6 is 0 Å². The number of nitrogens with zero attached hydrogens (tertiary/aromatic N) is 1. The highest BCUT2D eigenvalue weighted by atomic mass is 16.6. The molecule has 0 aliphatic heterocycles. The number of rotatable bonds is 4. The van der Waals surface area contributed by atoms with Gasteiger partial charge in [0.15, 0.2) is 0 Å². The summed E-state index contributed by atoms with van der Waals surface area (Å²) in [6.45, 7) is 8.31. The van der Waals surface area contributed by atoms with Crippen LogP contribution in [0.3, 0.4) is 0 Å². The number of aldehydes is 1. The number of hydrogen-bond donors (Lipinski definition) is 0. The molecule has 0 heterocycles. The molecule has 1 saturated carbocycles. The predicted molar refractivity (Wildman–Crippen MR) is 67.9 cm³/mol. The highest BCUT2D eigenvalue weighted by Crippen LogP contribution is 2.45. The van der Waals surface area contributed by atoms with Crippen LogP contribution in [0.1, 0.15) is 48.0 Å². The normalized spacial score (nSPS) is 16.7. The summed E-state index contributed by atoms with van der Waals surface area (Å²) >= 11 is 0. The lowest BCUT2D eigenvalue weighted by Crippen LogP contribution is -2.40. The number of carbonyl (C=O) groups excluding carboxylic acids is 2. The van der Waals surface area contributed by atoms with Crippen molar-refractivity contribution in [1.29, 1.82) is 0 Å². The molecule has 0 N–H and O–H groups in total. The lowest BCUT2D eigenvalue weighted by molar-refractivity contribution is -0.109. The summed E-state index contributed by atoms with van der Waals surface area (Å²) in [4.78, 5) is 23.8. The molecule has 0 aromatic carbocycles. The molecule has 1 fully saturated rings. The van der Waals surface area contributed by atoms with E-state index in [-0.39, 0.29) is 19.4 Å². The van der Waals surface area contributed by atoms with E-state index in [0.717, 1.165) is 19.1 Å². The van der Waals surface area contributed by atoms with Crippen LogP contribution in [0.4, 0.5) is 4.79 Å². The third-order valence-corrected chi connectivity index (χ3v) is 2.62. The first-order chi connectivity index (χ1) is 7.26. The maximum absolute atomic E-state index is 11.8. The number of amides is 1. The maximum atomic E-state index is 11.8. The first-order valence-electron chi connectivity index (χ1n) is 5.67. The molecule has 0 atom stereocenters. The van der Waals surface area contributed by atoms with Crippen molar-refractivity contribution in [2.45, 2.75) is 53.6 Å². The quantitative estimate of drug-likeness (QED) is 0.713. The zero-order chi connectivity index (χ0) is 12.4. The summed E-state index contributed by atoms with van der Waals surface area (Å²) in [6, 6.07) is 0. The van der Waals surface area contributed by atoms with Gasteiger partial charge < -0.3 is 14.4 Å². The second kappa shape index (κ2) is 5.52. The average Bonchev–Trinajstić information content (AvgIpc) is 2.80. The van der Waals surface area contributed by atoms with Gasteiger partial charge in [-0.1, -0.05) is 14.4 Å². The van der Waals surface area contributed by atoms with Crippen molar-refractivity contribution in [1.82, 2.24) is 4.90 Å². The fraction of sp³-hybridized carbons (Fsp3) is 0.846. The zero-order valence-electron chi connectivity index (χ0n) is 10.6. The molecule has 100 valence electrons. The molecule has 4 nitrogen and oxygen atoms in total. The van der Waals surface area contributed by atoms with Crippen LogP contribution in [0.25, 0.3) is 0 Å². The van der Waals surface area contributed by atoms with Crippen LogP contribution in [0.2, 0.25) is 0 Å². The fourth-order valence-corrected chi connectivity index (χ4v) is 1.45. The Labute approximate surface area is 104 Å². The first-order valence-corrected chi connectivity index (χ1v) is 5.67. The number of hydrogen-bond acceptors (Lipinski definition) is 3. The second-order valence-electron chi connectivity index (χ2n) is 5.84. The third kappa shape index (κ3) is 5.71. The molecule has 0 radical (unpaired) electrons. The van der Waals surface area contributed by atoms with E-state index >= 15 is 0 Å². The van der Waals surface area contributed by atoms with Gasteiger partial charge in [-0.25, -0.2) is 4.79 Å². The molecule has 0 saturated heterocycles. The molecule has 0 spiro atoms. The molecule has 1 aliphatic carbocycles. The molecule has 4 heteroatoms. The van der Waals surface area contributed by atoms with Gasteiger partial charge in [-0.2, -0.15) is 0 Å². The van der Waals surface area contributed by atoms with Crippen molar-refractivity contribution in [3.63, 3.8) is 0 Å². The van der Waals surface area contributed by atoms with E-state index in [9.17, 15) is 9.59 Å². The molecule has 1 aliphatic rings. The van der Waals surface area contributed by atoms with Gasteiger partial charge in [0.05, 0.1) is 6.54 Å². The SMILES string of the molecule is C.CC1(CN(CC=O)C(=O)OC(C)(C)C)CC1. The van der Waals surface area contributed by atoms with Crippen LogP contribution in [0.5, 0.6) is 0 Å². The van der Waals surface area contributed by atoms with E-state index in [1.54, 1.807) is 0 Å². The lowest BCUT2D eigenvalue weighted by Gasteiger charge is -2.27. The topological polar surface area (TPSA) is 46.6 Å². The average molecular weight is 243 g/mol. The van der Waals surface area contributed by atoms with Crippen LogP contribution in [-0.4, -0.2) is 36.0 Å². The van der Waals surface area contributed by atoms with Crippen LogP contribution in [-0.2, 0) is 9.53 Å². The van der Waals surface area contributed by atoms with E-state index in [2.05, 4.69) is 6.92 Å². The molecule has 0 aromatic heterocycles. The molecular formula is C13H25NO3. The van der Waals surface area contributed by atoms with Crippen molar-refractivity contribution in [3.05, 3.63) is 0 Å². The Bertz CT molecular complexity index is 277. The van der Waals surface area contributed by atoms with Gasteiger partial charge >= 0.3 is 6.09 Å². The summed E-state index contributed by atoms with van der Waals surface area (Å²) in [5.74, 6) is 0. The van der Waals surface area contributed by atoms with E-state index in [1.807, 2.05) is 20.8 Å². The Morgan fingerprint density at radius 2 is 1.94 bits per heavy atom. The zero-order valence-corrected chi connectivity index (χ0v) is 10.6. The predicted octanol–water partition coefficient (Wildman–Crippen LogP) is 2.86. The summed E-state index contributed by atoms with van der Waals surface area (Å²) in [5.41, 5.74) is -0.317. The van der Waals surface area contributed by atoms with E-state index in [0.29, 0.717) is 6.54 Å². The first kappa shape index (κ1) is 15.9. The minimum absolute atomic E-state index is 0. The van der Waals surface area contributed by atoms with Gasteiger partial charge in [0.2, 0.25) is 0 Å². The molecule has 0 bridgehead atoms. The van der Waals surface area contributed by atoms with E-state index in [4.69, 9.17) is 4.74 Å². The summed E-state index contributed by atoms with van der Waals surface area (Å²) < 4.78 is 5.25. The Balaban J connectivity index is 0.00000256. The van der Waals surface area contributed by atoms with Crippen molar-refractivity contribution >= 4 is 12.4 Å². The van der Waals surface area contributed by atoms with Crippen LogP contribution in [0.15, 0.2) is 0 Å². The fourth-order valence-electron chi connectivity index (χ4n) is 1.45. The maximum Gasteiger partial charge on any atom is 0.410 e. The van der Waals surface area contributed by atoms with Crippen molar-refractivity contribution in [3.8, 4) is 0 Å². The van der Waals surface area contributed by atoms with Gasteiger partial charge in [-0.3, -0.25) is 0 Å². The van der Waals surface area contributed by atoms with Crippen molar-refractivity contribution < 1.29 is 14.3 Å². The molecule has 1 rings (SSSR count). The lowest BCUT2D eigenvalue weighted by atomic mass is 10.1. The molecular weight excluding hydrogens is 218 g/mol. The van der Waals surface area contributed by atoms with Gasteiger partial charge in [-0.05, 0) is 39.0 Å². The number of carbonyl (C=O) groups is 2. The molecule has 0 aromatic rings. The van der Waals surface area contributed by atoms with Gasteiger partial charge in [0, 0.05) is 6.54 Å². The molecule has 0 unspecified atom stereocenters. The van der Waals surface area contributed by atoms with Crippen molar-refractivity contribution in [2.75, 3.05) is 13.1 Å². The van der Waals surface area contributed by atoms with Gasteiger partial charge in [0.25, 0.3) is 0 Å². The van der Waals surface area contributed by atoms with Crippen LogP contribution < -0.4 is 0 Å². The monoisotopic (exact) mass is 243 g/mol. The van der Waals surface area contributed by atoms with Gasteiger partial charge in [-0.15, -0.1) is 0 Å². The number of ether oxygens (including phenoxy) is 1. The Kier molecular flexibility index (Phi) is 5.17. The Hall–Kier alpha value is -1.06. The standard InChI is InChI=1S/C12H21NO3.CH4/c1-11(2,3)16-10(15)13(7-8-14)9-12(4)5-6-12;/h8H,5-7,9H2,1-4H3;1H4. The van der Waals surface area contributed by atoms with E-state index in [1.165, 1.54) is 4.90 Å². The minimum atomic E-state index is -0.511. The third-order valence-electron chi connectivity index (χ3n) is 2.62. The highest BCUT2D eigenvalue weighted by molar-refractivity contribution is 5.71. The summed E-state index contributed by atoms with van der Waals surface area (Å²) in [6.07, 6.45) is 2.58. The molecule has 1 amide bonds. The second-order valence-corrected chi connectivity index (χ2v) is 5.84. The Morgan fingerprint density at radius 1 is 1.41 bits per heavy atom. The molecule has 17 heavy (non-hydrogen) atoms. The van der Waals surface area contributed by atoms with E-state index < -0.39 is 11.7 Å². The van der Waals surface area contributed by atoms with Gasteiger partial charge in [0.1, 0.15) is 11.9 Å². The van der Waals surface area contributed by atoms with Crippen LogP contribution in [0, 0.1) is 5.41 Å². The smallest absolute Gasteiger partial charge is 0.410 e. The van der Waals surface area contributed by atoms with Crippen molar-refractivity contribution in [2.24, 2.45) is 5.41 Å². The summed E-state index contributed by atoms with van der Waals surface area (Å²) in [7, 11) is 0. The largest absolute Gasteiger partial charge is 0.444 e. The highest BCUT2D eigenvalue weighted by Gasteiger charge is 2.40.